The number of aryl methyl sites for hydroxylation is 1. The van der Waals surface area contributed by atoms with E-state index in [0.717, 1.165) is 24.8 Å². The molecule has 0 saturated carbocycles. The average molecular weight is 360 g/mol. The van der Waals surface area contributed by atoms with Crippen LogP contribution in [0.1, 0.15) is 32.3 Å². The van der Waals surface area contributed by atoms with Crippen molar-refractivity contribution < 1.29 is 13.2 Å². The molecule has 2 rings (SSSR count). The van der Waals surface area contributed by atoms with Crippen LogP contribution in [0.3, 0.4) is 0 Å². The van der Waals surface area contributed by atoms with E-state index >= 15 is 0 Å². The summed E-state index contributed by atoms with van der Waals surface area (Å²) < 4.78 is 27.5. The summed E-state index contributed by atoms with van der Waals surface area (Å²) in [5.74, 6) is -0.0866. The molecule has 5 nitrogen and oxygen atoms in total. The van der Waals surface area contributed by atoms with Crippen molar-refractivity contribution in [2.24, 2.45) is 0 Å². The van der Waals surface area contributed by atoms with Gasteiger partial charge in [-0.15, -0.1) is 0 Å². The van der Waals surface area contributed by atoms with Gasteiger partial charge in [-0.3, -0.25) is 9.52 Å². The summed E-state index contributed by atoms with van der Waals surface area (Å²) >= 11 is 0. The zero-order valence-electron chi connectivity index (χ0n) is 14.8. The van der Waals surface area contributed by atoms with Gasteiger partial charge in [0.2, 0.25) is 5.91 Å². The Hall–Kier alpha value is -2.34. The first-order valence-electron chi connectivity index (χ1n) is 8.29. The van der Waals surface area contributed by atoms with Gasteiger partial charge in [-0.25, -0.2) is 8.42 Å². The van der Waals surface area contributed by atoms with Gasteiger partial charge in [-0.05, 0) is 54.8 Å². The second-order valence-electron chi connectivity index (χ2n) is 5.98. The molecule has 134 valence electrons. The molecule has 0 fully saturated rings. The molecule has 0 saturated heterocycles. The third-order valence-electron chi connectivity index (χ3n) is 4.03. The Bertz CT molecular complexity index is 813. The quantitative estimate of drug-likeness (QED) is 0.816. The van der Waals surface area contributed by atoms with Crippen LogP contribution in [-0.4, -0.2) is 21.4 Å². The van der Waals surface area contributed by atoms with Gasteiger partial charge in [-0.1, -0.05) is 25.5 Å². The molecule has 0 aliphatic heterocycles. The van der Waals surface area contributed by atoms with Gasteiger partial charge in [0.15, 0.2) is 0 Å². The summed E-state index contributed by atoms with van der Waals surface area (Å²) in [6.07, 6.45) is 3.15. The number of benzene rings is 2. The molecular formula is C19H24N2O3S. The van der Waals surface area contributed by atoms with Crippen molar-refractivity contribution in [3.8, 4) is 0 Å². The van der Waals surface area contributed by atoms with E-state index in [-0.39, 0.29) is 10.8 Å². The smallest absolute Gasteiger partial charge is 0.261 e. The standard InChI is InChI=1S/C19H24N2O3S/c1-4-5-6-16-7-13-19(14-8-16)25(23,24)20-17-9-11-18(12-10-17)21(3)15(2)22/h7-14,20H,4-6H2,1-3H3. The highest BCUT2D eigenvalue weighted by Crippen LogP contribution is 2.20. The number of sulfonamides is 1. The van der Waals surface area contributed by atoms with E-state index < -0.39 is 10.0 Å². The Morgan fingerprint density at radius 3 is 2.16 bits per heavy atom. The Balaban J connectivity index is 2.11. The highest BCUT2D eigenvalue weighted by atomic mass is 32.2. The number of unbranched alkanes of at least 4 members (excludes halogenated alkanes) is 1. The average Bonchev–Trinajstić information content (AvgIpc) is 2.60. The number of amides is 1. The number of hydrogen-bond acceptors (Lipinski definition) is 3. The van der Waals surface area contributed by atoms with Crippen LogP contribution in [-0.2, 0) is 21.2 Å². The van der Waals surface area contributed by atoms with Crippen molar-refractivity contribution in [2.75, 3.05) is 16.7 Å². The lowest BCUT2D eigenvalue weighted by molar-refractivity contribution is -0.116. The number of nitrogens with one attached hydrogen (secondary N) is 1. The van der Waals surface area contributed by atoms with Gasteiger partial charge in [0.1, 0.15) is 0 Å². The molecule has 1 amide bonds. The van der Waals surface area contributed by atoms with Gasteiger partial charge in [0.05, 0.1) is 4.90 Å². The van der Waals surface area contributed by atoms with Crippen LogP contribution in [0.4, 0.5) is 11.4 Å². The van der Waals surface area contributed by atoms with Gasteiger partial charge < -0.3 is 4.90 Å². The maximum Gasteiger partial charge on any atom is 0.261 e. The Morgan fingerprint density at radius 2 is 1.64 bits per heavy atom. The lowest BCUT2D eigenvalue weighted by atomic mass is 10.1. The van der Waals surface area contributed by atoms with E-state index in [4.69, 9.17) is 0 Å². The van der Waals surface area contributed by atoms with Crippen LogP contribution in [0.25, 0.3) is 0 Å². The van der Waals surface area contributed by atoms with E-state index in [1.54, 1.807) is 43.4 Å². The molecule has 1 N–H and O–H groups in total. The first-order valence-corrected chi connectivity index (χ1v) is 9.78. The highest BCUT2D eigenvalue weighted by molar-refractivity contribution is 7.92. The zero-order valence-corrected chi connectivity index (χ0v) is 15.6. The minimum Gasteiger partial charge on any atom is -0.316 e. The molecule has 0 aliphatic carbocycles. The second kappa shape index (κ2) is 8.16. The molecule has 2 aromatic carbocycles. The zero-order chi connectivity index (χ0) is 18.4. The van der Waals surface area contributed by atoms with Crippen LogP contribution >= 0.6 is 0 Å². The number of carbonyl (C=O) groups excluding carboxylic acids is 1. The molecule has 0 aromatic heterocycles. The van der Waals surface area contributed by atoms with E-state index in [1.807, 2.05) is 12.1 Å². The molecule has 0 radical (unpaired) electrons. The Kier molecular flexibility index (Phi) is 6.20. The predicted molar refractivity (Wildman–Crippen MR) is 101 cm³/mol. The fourth-order valence-electron chi connectivity index (χ4n) is 2.37. The minimum atomic E-state index is -3.63. The lowest BCUT2D eigenvalue weighted by Crippen LogP contribution is -2.22. The maximum absolute atomic E-state index is 12.5. The molecule has 0 aliphatic rings. The molecule has 0 heterocycles. The monoisotopic (exact) mass is 360 g/mol. The lowest BCUT2D eigenvalue weighted by Gasteiger charge is -2.15. The summed E-state index contributed by atoms with van der Waals surface area (Å²) in [6, 6.07) is 13.7. The summed E-state index contributed by atoms with van der Waals surface area (Å²) in [5.41, 5.74) is 2.30. The molecular weight excluding hydrogens is 336 g/mol. The van der Waals surface area contributed by atoms with E-state index in [9.17, 15) is 13.2 Å². The van der Waals surface area contributed by atoms with Crippen LogP contribution in [0.5, 0.6) is 0 Å². The van der Waals surface area contributed by atoms with Crippen molar-refractivity contribution in [1.82, 2.24) is 0 Å². The molecule has 6 heteroatoms. The molecule has 0 spiro atoms. The molecule has 25 heavy (non-hydrogen) atoms. The second-order valence-corrected chi connectivity index (χ2v) is 7.66. The third kappa shape index (κ3) is 5.06. The number of nitrogens with zero attached hydrogens (tertiary/aromatic N) is 1. The number of hydrogen-bond donors (Lipinski definition) is 1. The fraction of sp³-hybridized carbons (Fsp3) is 0.316. The summed E-state index contributed by atoms with van der Waals surface area (Å²) in [7, 11) is -1.96. The first-order chi connectivity index (χ1) is 11.8. The fourth-order valence-corrected chi connectivity index (χ4v) is 3.42. The molecule has 2 aromatic rings. The van der Waals surface area contributed by atoms with E-state index in [0.29, 0.717) is 11.4 Å². The van der Waals surface area contributed by atoms with E-state index in [2.05, 4.69) is 11.6 Å². The highest BCUT2D eigenvalue weighted by Gasteiger charge is 2.14. The molecule has 0 atom stereocenters. The largest absolute Gasteiger partial charge is 0.316 e. The van der Waals surface area contributed by atoms with Crippen LogP contribution in [0.2, 0.25) is 0 Å². The van der Waals surface area contributed by atoms with Crippen molar-refractivity contribution in [1.29, 1.82) is 0 Å². The molecule has 0 bridgehead atoms. The third-order valence-corrected chi connectivity index (χ3v) is 5.43. The van der Waals surface area contributed by atoms with Crippen LogP contribution < -0.4 is 9.62 Å². The predicted octanol–water partition coefficient (Wildman–Crippen LogP) is 3.81. The van der Waals surface area contributed by atoms with Crippen molar-refractivity contribution >= 4 is 27.3 Å². The minimum absolute atomic E-state index is 0.0866. The Labute approximate surface area is 149 Å². The number of anilines is 2. The van der Waals surface area contributed by atoms with Gasteiger partial charge in [0, 0.05) is 25.3 Å². The summed E-state index contributed by atoms with van der Waals surface area (Å²) in [5, 5.41) is 0. The van der Waals surface area contributed by atoms with Crippen LogP contribution in [0.15, 0.2) is 53.4 Å². The van der Waals surface area contributed by atoms with Gasteiger partial charge >= 0.3 is 0 Å². The van der Waals surface area contributed by atoms with Crippen LogP contribution in [0, 0.1) is 0 Å². The van der Waals surface area contributed by atoms with Crippen molar-refractivity contribution in [2.45, 2.75) is 38.0 Å². The normalized spacial score (nSPS) is 11.2. The van der Waals surface area contributed by atoms with Crippen molar-refractivity contribution in [3.05, 3.63) is 54.1 Å². The maximum atomic E-state index is 12.5. The van der Waals surface area contributed by atoms with Gasteiger partial charge in [0.25, 0.3) is 10.0 Å². The summed E-state index contributed by atoms with van der Waals surface area (Å²) in [4.78, 5) is 13.1. The SMILES string of the molecule is CCCCc1ccc(S(=O)(=O)Nc2ccc(N(C)C(C)=O)cc2)cc1. The summed E-state index contributed by atoms with van der Waals surface area (Å²) in [6.45, 7) is 3.60. The molecule has 0 unspecified atom stereocenters. The first kappa shape index (κ1) is 19.0. The number of carbonyl (C=O) groups is 1. The Morgan fingerprint density at radius 1 is 1.04 bits per heavy atom. The number of rotatable bonds is 7. The van der Waals surface area contributed by atoms with E-state index in [1.165, 1.54) is 11.8 Å². The van der Waals surface area contributed by atoms with Crippen molar-refractivity contribution in [3.63, 3.8) is 0 Å². The topological polar surface area (TPSA) is 66.5 Å². The van der Waals surface area contributed by atoms with Gasteiger partial charge in [-0.2, -0.15) is 0 Å².